The highest BCUT2D eigenvalue weighted by Crippen LogP contribution is 2.28. The van der Waals surface area contributed by atoms with E-state index in [0.717, 1.165) is 0 Å². The molecule has 0 aromatic heterocycles. The smallest absolute Gasteiger partial charge is 0.319 e. The molecule has 0 unspecified atom stereocenters. The number of fused-ring (bicyclic) bond motifs is 2. The van der Waals surface area contributed by atoms with Gasteiger partial charge < -0.3 is 10.6 Å². The highest BCUT2D eigenvalue weighted by Gasteiger charge is 2.29. The lowest BCUT2D eigenvalue weighted by Crippen LogP contribution is -2.29. The third-order valence-corrected chi connectivity index (χ3v) is 3.59. The van der Waals surface area contributed by atoms with E-state index in [1.54, 1.807) is 42.5 Å². The number of benzene rings is 2. The monoisotopic (exact) mass is 306 g/mol. The van der Waals surface area contributed by atoms with E-state index in [1.807, 2.05) is 0 Å². The Morgan fingerprint density at radius 3 is 2.22 bits per heavy atom. The molecule has 0 aliphatic heterocycles. The second-order valence-electron chi connectivity index (χ2n) is 5.09. The first-order chi connectivity index (χ1) is 11.1. The van der Waals surface area contributed by atoms with E-state index < -0.39 is 6.03 Å². The largest absolute Gasteiger partial charge is 0.334 e. The number of urea groups is 1. The van der Waals surface area contributed by atoms with Gasteiger partial charge in [-0.15, -0.1) is 6.58 Å². The number of hydrogen-bond acceptors (Lipinski definition) is 3. The summed E-state index contributed by atoms with van der Waals surface area (Å²) in [6.07, 6.45) is 1.56. The number of nitrogens with one attached hydrogen (secondary N) is 2. The quantitative estimate of drug-likeness (QED) is 0.731. The van der Waals surface area contributed by atoms with Gasteiger partial charge in [0.25, 0.3) is 0 Å². The second-order valence-corrected chi connectivity index (χ2v) is 5.09. The average Bonchev–Trinajstić information content (AvgIpc) is 2.58. The fourth-order valence-corrected chi connectivity index (χ4v) is 2.52. The Kier molecular flexibility index (Phi) is 3.76. The van der Waals surface area contributed by atoms with Crippen LogP contribution < -0.4 is 10.6 Å². The van der Waals surface area contributed by atoms with E-state index in [1.165, 1.54) is 6.07 Å². The molecule has 2 aromatic carbocycles. The molecule has 2 amide bonds. The van der Waals surface area contributed by atoms with Crippen LogP contribution in [0.1, 0.15) is 31.8 Å². The molecule has 114 valence electrons. The van der Waals surface area contributed by atoms with Crippen LogP contribution in [0.4, 0.5) is 10.5 Å². The lowest BCUT2D eigenvalue weighted by molar-refractivity contribution is 0.0979. The maximum Gasteiger partial charge on any atom is 0.319 e. The summed E-state index contributed by atoms with van der Waals surface area (Å²) in [5.41, 5.74) is 1.90. The summed E-state index contributed by atoms with van der Waals surface area (Å²) < 4.78 is 0. The SMILES string of the molecule is C=CCNC(=O)Nc1ccc2c(c1)C(=O)c1ccccc1C2=O. The van der Waals surface area contributed by atoms with E-state index in [2.05, 4.69) is 17.2 Å². The van der Waals surface area contributed by atoms with Crippen molar-refractivity contribution in [3.63, 3.8) is 0 Å². The Labute approximate surface area is 133 Å². The molecule has 3 rings (SSSR count). The zero-order chi connectivity index (χ0) is 16.4. The molecular formula is C18H14N2O3. The Balaban J connectivity index is 1.94. The molecule has 0 saturated heterocycles. The van der Waals surface area contributed by atoms with E-state index in [4.69, 9.17) is 0 Å². The van der Waals surface area contributed by atoms with Crippen molar-refractivity contribution in [2.45, 2.75) is 0 Å². The fourth-order valence-electron chi connectivity index (χ4n) is 2.52. The van der Waals surface area contributed by atoms with Crippen molar-refractivity contribution in [1.82, 2.24) is 5.32 Å². The van der Waals surface area contributed by atoms with Crippen molar-refractivity contribution in [1.29, 1.82) is 0 Å². The van der Waals surface area contributed by atoms with Gasteiger partial charge in [0.05, 0.1) is 0 Å². The third-order valence-electron chi connectivity index (χ3n) is 3.59. The summed E-state index contributed by atoms with van der Waals surface area (Å²) in [6, 6.07) is 11.0. The second kappa shape index (κ2) is 5.88. The van der Waals surface area contributed by atoms with Crippen LogP contribution in [0.15, 0.2) is 55.1 Å². The van der Waals surface area contributed by atoms with Gasteiger partial charge in [-0.3, -0.25) is 9.59 Å². The van der Waals surface area contributed by atoms with Crippen molar-refractivity contribution in [3.05, 3.63) is 77.4 Å². The van der Waals surface area contributed by atoms with Gasteiger partial charge in [-0.1, -0.05) is 30.3 Å². The lowest BCUT2D eigenvalue weighted by atomic mass is 9.84. The van der Waals surface area contributed by atoms with Gasteiger partial charge in [0.2, 0.25) is 0 Å². The van der Waals surface area contributed by atoms with Crippen LogP contribution in [0, 0.1) is 0 Å². The number of amides is 2. The topological polar surface area (TPSA) is 75.3 Å². The average molecular weight is 306 g/mol. The standard InChI is InChI=1S/C18H14N2O3/c1-2-9-19-18(23)20-11-7-8-14-15(10-11)17(22)13-6-4-3-5-12(13)16(14)21/h2-8,10H,1,9H2,(H2,19,20,23). The van der Waals surface area contributed by atoms with E-state index in [0.29, 0.717) is 34.5 Å². The number of carbonyl (C=O) groups excluding carboxylic acids is 3. The first kappa shape index (κ1) is 14.7. The summed E-state index contributed by atoms with van der Waals surface area (Å²) in [5, 5.41) is 5.20. The van der Waals surface area contributed by atoms with Crippen molar-refractivity contribution >= 4 is 23.3 Å². The predicted molar refractivity (Wildman–Crippen MR) is 87.0 cm³/mol. The Hall–Kier alpha value is -3.21. The van der Waals surface area contributed by atoms with Gasteiger partial charge in [-0.25, -0.2) is 4.79 Å². The van der Waals surface area contributed by atoms with Crippen LogP contribution in [-0.4, -0.2) is 24.1 Å². The molecule has 5 heteroatoms. The van der Waals surface area contributed by atoms with Gasteiger partial charge in [0.15, 0.2) is 11.6 Å². The predicted octanol–water partition coefficient (Wildman–Crippen LogP) is 2.77. The molecule has 0 atom stereocenters. The molecule has 0 fully saturated rings. The molecule has 0 bridgehead atoms. The van der Waals surface area contributed by atoms with Crippen molar-refractivity contribution in [2.24, 2.45) is 0 Å². The van der Waals surface area contributed by atoms with Crippen LogP contribution in [0.5, 0.6) is 0 Å². The van der Waals surface area contributed by atoms with Crippen LogP contribution >= 0.6 is 0 Å². The van der Waals surface area contributed by atoms with E-state index in [9.17, 15) is 14.4 Å². The minimum absolute atomic E-state index is 0.183. The van der Waals surface area contributed by atoms with Crippen LogP contribution in [0.2, 0.25) is 0 Å². The maximum absolute atomic E-state index is 12.6. The zero-order valence-corrected chi connectivity index (χ0v) is 12.3. The molecule has 1 aliphatic carbocycles. The lowest BCUT2D eigenvalue weighted by Gasteiger charge is -2.18. The van der Waals surface area contributed by atoms with Gasteiger partial charge >= 0.3 is 6.03 Å². The van der Waals surface area contributed by atoms with Crippen LogP contribution in [0.3, 0.4) is 0 Å². The van der Waals surface area contributed by atoms with E-state index in [-0.39, 0.29) is 11.6 Å². The summed E-state index contributed by atoms with van der Waals surface area (Å²) >= 11 is 0. The molecule has 5 nitrogen and oxygen atoms in total. The van der Waals surface area contributed by atoms with Crippen LogP contribution in [0.25, 0.3) is 0 Å². The number of ketones is 2. The molecular weight excluding hydrogens is 292 g/mol. The van der Waals surface area contributed by atoms with Crippen molar-refractivity contribution in [3.8, 4) is 0 Å². The Morgan fingerprint density at radius 1 is 0.957 bits per heavy atom. The van der Waals surface area contributed by atoms with Gasteiger partial charge in [0, 0.05) is 34.5 Å². The number of rotatable bonds is 3. The van der Waals surface area contributed by atoms with Gasteiger partial charge in [0.1, 0.15) is 0 Å². The number of hydrogen-bond donors (Lipinski definition) is 2. The summed E-state index contributed by atoms with van der Waals surface area (Å²) in [4.78, 5) is 36.7. The first-order valence-electron chi connectivity index (χ1n) is 7.10. The molecule has 0 heterocycles. The number of carbonyl (C=O) groups is 3. The highest BCUT2D eigenvalue weighted by atomic mass is 16.2. The molecule has 0 spiro atoms. The molecule has 2 N–H and O–H groups in total. The van der Waals surface area contributed by atoms with Gasteiger partial charge in [-0.2, -0.15) is 0 Å². The molecule has 0 radical (unpaired) electrons. The first-order valence-corrected chi connectivity index (χ1v) is 7.10. The van der Waals surface area contributed by atoms with Gasteiger partial charge in [-0.05, 0) is 18.2 Å². The van der Waals surface area contributed by atoms with Crippen molar-refractivity contribution < 1.29 is 14.4 Å². The Bertz CT molecular complexity index is 840. The van der Waals surface area contributed by atoms with Crippen LogP contribution in [-0.2, 0) is 0 Å². The summed E-state index contributed by atoms with van der Waals surface area (Å²) in [5.74, 6) is -0.400. The highest BCUT2D eigenvalue weighted by molar-refractivity contribution is 6.28. The Morgan fingerprint density at radius 2 is 1.57 bits per heavy atom. The summed E-state index contributed by atoms with van der Waals surface area (Å²) in [6.45, 7) is 3.85. The zero-order valence-electron chi connectivity index (χ0n) is 12.3. The molecule has 2 aromatic rings. The fraction of sp³-hybridized carbons (Fsp3) is 0.0556. The van der Waals surface area contributed by atoms with E-state index >= 15 is 0 Å². The number of anilines is 1. The molecule has 1 aliphatic rings. The molecule has 23 heavy (non-hydrogen) atoms. The summed E-state index contributed by atoms with van der Waals surface area (Å²) in [7, 11) is 0. The third kappa shape index (κ3) is 2.64. The minimum Gasteiger partial charge on any atom is -0.334 e. The molecule has 0 saturated carbocycles. The van der Waals surface area contributed by atoms with Crippen molar-refractivity contribution in [2.75, 3.05) is 11.9 Å². The maximum atomic E-state index is 12.6. The normalized spacial score (nSPS) is 12.2. The minimum atomic E-state index is -0.403.